The highest BCUT2D eigenvalue weighted by Gasteiger charge is 2.22. The third kappa shape index (κ3) is 2.30. The van der Waals surface area contributed by atoms with Crippen LogP contribution in [0.1, 0.15) is 16.1 Å². The molecular weight excluding hydrogens is 290 g/mol. The van der Waals surface area contributed by atoms with Gasteiger partial charge in [-0.3, -0.25) is 9.63 Å². The summed E-state index contributed by atoms with van der Waals surface area (Å²) in [6.45, 7) is 1.78. The molecule has 108 valence electrons. The molecule has 0 aliphatic carbocycles. The number of hydrogen-bond acceptors (Lipinski definition) is 6. The van der Waals surface area contributed by atoms with Crippen molar-refractivity contribution in [2.45, 2.75) is 6.92 Å². The van der Waals surface area contributed by atoms with Crippen molar-refractivity contribution in [1.82, 2.24) is 15.2 Å². The number of pyridine rings is 1. The molecule has 3 rings (SSSR count). The summed E-state index contributed by atoms with van der Waals surface area (Å²) < 4.78 is 5.22. The van der Waals surface area contributed by atoms with Crippen molar-refractivity contribution >= 4 is 28.3 Å². The molecule has 6 nitrogen and oxygen atoms in total. The highest BCUT2D eigenvalue weighted by atomic mass is 32.1. The lowest BCUT2D eigenvalue weighted by Gasteiger charge is -2.14. The summed E-state index contributed by atoms with van der Waals surface area (Å²) in [4.78, 5) is 22.8. The molecule has 0 aromatic carbocycles. The van der Waals surface area contributed by atoms with Crippen LogP contribution in [0.3, 0.4) is 0 Å². The van der Waals surface area contributed by atoms with Crippen LogP contribution in [0, 0.1) is 6.92 Å². The second kappa shape index (κ2) is 5.27. The number of carbonyl (C=O) groups excluding carboxylic acids is 1. The molecular formula is C14H13N3O3S. The summed E-state index contributed by atoms with van der Waals surface area (Å²) in [5, 5.41) is 7.64. The molecule has 0 radical (unpaired) electrons. The van der Waals surface area contributed by atoms with E-state index in [2.05, 4.69) is 10.1 Å². The van der Waals surface area contributed by atoms with E-state index in [-0.39, 0.29) is 5.91 Å². The van der Waals surface area contributed by atoms with Gasteiger partial charge in [-0.25, -0.2) is 10.0 Å². The van der Waals surface area contributed by atoms with E-state index in [0.29, 0.717) is 28.1 Å². The van der Waals surface area contributed by atoms with E-state index in [9.17, 15) is 4.79 Å². The van der Waals surface area contributed by atoms with E-state index in [4.69, 9.17) is 9.36 Å². The number of fused-ring (bicyclic) bond motifs is 1. The Morgan fingerprint density at radius 1 is 1.48 bits per heavy atom. The quantitative estimate of drug-likeness (QED) is 0.696. The summed E-state index contributed by atoms with van der Waals surface area (Å²) in [5.74, 6) is -0.269. The standard InChI is InChI=1S/C14H13N3O3S/c1-8-12-9(14(18)17(2)19-3)7-10(11-5-4-6-21-11)15-13(12)20-16-8/h4-7H,1-3H3. The fourth-order valence-electron chi connectivity index (χ4n) is 2.07. The summed E-state index contributed by atoms with van der Waals surface area (Å²) in [5.41, 5.74) is 2.13. The summed E-state index contributed by atoms with van der Waals surface area (Å²) in [7, 11) is 3.00. The zero-order valence-corrected chi connectivity index (χ0v) is 12.6. The third-order valence-electron chi connectivity index (χ3n) is 3.18. The van der Waals surface area contributed by atoms with Gasteiger partial charge in [-0.2, -0.15) is 0 Å². The maximum atomic E-state index is 12.5. The number of hydroxylamine groups is 2. The van der Waals surface area contributed by atoms with Crippen LogP contribution < -0.4 is 0 Å². The molecule has 7 heteroatoms. The average molecular weight is 303 g/mol. The molecule has 0 spiro atoms. The fraction of sp³-hybridized carbons (Fsp3) is 0.214. The SMILES string of the molecule is CON(C)C(=O)c1cc(-c2cccs2)nc2onc(C)c12. The van der Waals surface area contributed by atoms with Gasteiger partial charge in [0.1, 0.15) is 0 Å². The van der Waals surface area contributed by atoms with Crippen LogP contribution in [-0.4, -0.2) is 35.3 Å². The largest absolute Gasteiger partial charge is 0.335 e. The summed E-state index contributed by atoms with van der Waals surface area (Å²) in [6.07, 6.45) is 0. The highest BCUT2D eigenvalue weighted by molar-refractivity contribution is 7.13. The molecule has 0 atom stereocenters. The van der Waals surface area contributed by atoms with Crippen LogP contribution >= 0.6 is 11.3 Å². The van der Waals surface area contributed by atoms with Gasteiger partial charge < -0.3 is 4.52 Å². The molecule has 3 heterocycles. The molecule has 0 fully saturated rings. The predicted molar refractivity (Wildman–Crippen MR) is 79.0 cm³/mol. The summed E-state index contributed by atoms with van der Waals surface area (Å²) >= 11 is 1.55. The molecule has 1 amide bonds. The van der Waals surface area contributed by atoms with E-state index in [1.807, 2.05) is 17.5 Å². The van der Waals surface area contributed by atoms with Crippen LogP contribution in [-0.2, 0) is 4.84 Å². The average Bonchev–Trinajstić information content (AvgIpc) is 3.15. The fourth-order valence-corrected chi connectivity index (χ4v) is 2.75. The second-order valence-corrected chi connectivity index (χ2v) is 5.41. The van der Waals surface area contributed by atoms with E-state index in [1.165, 1.54) is 12.2 Å². The zero-order valence-electron chi connectivity index (χ0n) is 11.8. The number of aryl methyl sites for hydroxylation is 1. The van der Waals surface area contributed by atoms with E-state index in [0.717, 1.165) is 4.88 Å². The van der Waals surface area contributed by atoms with E-state index < -0.39 is 0 Å². The summed E-state index contributed by atoms with van der Waals surface area (Å²) in [6, 6.07) is 5.62. The number of nitrogens with zero attached hydrogens (tertiary/aromatic N) is 3. The molecule has 3 aromatic rings. The Morgan fingerprint density at radius 2 is 2.29 bits per heavy atom. The Hall–Kier alpha value is -2.25. The zero-order chi connectivity index (χ0) is 15.0. The molecule has 0 aliphatic rings. The predicted octanol–water partition coefficient (Wildman–Crippen LogP) is 2.89. The second-order valence-electron chi connectivity index (χ2n) is 4.47. The molecule has 21 heavy (non-hydrogen) atoms. The van der Waals surface area contributed by atoms with Crippen molar-refractivity contribution in [1.29, 1.82) is 0 Å². The van der Waals surface area contributed by atoms with Gasteiger partial charge in [0.05, 0.1) is 34.3 Å². The maximum absolute atomic E-state index is 12.5. The lowest BCUT2D eigenvalue weighted by atomic mass is 10.1. The van der Waals surface area contributed by atoms with E-state index in [1.54, 1.807) is 31.4 Å². The minimum Gasteiger partial charge on any atom is -0.335 e. The van der Waals surface area contributed by atoms with Gasteiger partial charge in [0, 0.05) is 7.05 Å². The van der Waals surface area contributed by atoms with Gasteiger partial charge in [-0.1, -0.05) is 11.2 Å². The van der Waals surface area contributed by atoms with Crippen molar-refractivity contribution < 1.29 is 14.2 Å². The topological polar surface area (TPSA) is 68.5 Å². The Balaban J connectivity index is 2.24. The van der Waals surface area contributed by atoms with Crippen LogP contribution in [0.25, 0.3) is 21.7 Å². The van der Waals surface area contributed by atoms with Crippen molar-refractivity contribution in [2.75, 3.05) is 14.2 Å². The van der Waals surface area contributed by atoms with Gasteiger partial charge in [-0.15, -0.1) is 11.3 Å². The monoisotopic (exact) mass is 303 g/mol. The van der Waals surface area contributed by atoms with Crippen LogP contribution in [0.5, 0.6) is 0 Å². The highest BCUT2D eigenvalue weighted by Crippen LogP contribution is 2.29. The number of hydrogen-bond donors (Lipinski definition) is 0. The molecule has 0 bridgehead atoms. The lowest BCUT2D eigenvalue weighted by molar-refractivity contribution is -0.0755. The van der Waals surface area contributed by atoms with Crippen molar-refractivity contribution in [2.24, 2.45) is 0 Å². The lowest BCUT2D eigenvalue weighted by Crippen LogP contribution is -2.25. The number of aromatic nitrogens is 2. The van der Waals surface area contributed by atoms with Gasteiger partial charge in [-0.05, 0) is 24.4 Å². The number of rotatable bonds is 3. The van der Waals surface area contributed by atoms with Crippen LogP contribution in [0.15, 0.2) is 28.1 Å². The first-order valence-electron chi connectivity index (χ1n) is 6.25. The van der Waals surface area contributed by atoms with E-state index >= 15 is 0 Å². The first-order valence-corrected chi connectivity index (χ1v) is 7.13. The third-order valence-corrected chi connectivity index (χ3v) is 4.07. The van der Waals surface area contributed by atoms with Gasteiger partial charge in [0.25, 0.3) is 11.6 Å². The van der Waals surface area contributed by atoms with Crippen LogP contribution in [0.2, 0.25) is 0 Å². The molecule has 0 saturated carbocycles. The minimum atomic E-state index is -0.269. The van der Waals surface area contributed by atoms with Crippen molar-refractivity contribution in [3.63, 3.8) is 0 Å². The normalized spacial score (nSPS) is 11.0. The van der Waals surface area contributed by atoms with Crippen LogP contribution in [0.4, 0.5) is 0 Å². The maximum Gasteiger partial charge on any atom is 0.278 e. The smallest absolute Gasteiger partial charge is 0.278 e. The van der Waals surface area contributed by atoms with Gasteiger partial charge in [0.2, 0.25) is 0 Å². The van der Waals surface area contributed by atoms with Crippen molar-refractivity contribution in [3.8, 4) is 10.6 Å². The number of amides is 1. The van der Waals surface area contributed by atoms with Gasteiger partial charge >= 0.3 is 0 Å². The number of carbonyl (C=O) groups is 1. The van der Waals surface area contributed by atoms with Gasteiger partial charge in [0.15, 0.2) is 0 Å². The molecule has 0 unspecified atom stereocenters. The Labute approximate surface area is 124 Å². The van der Waals surface area contributed by atoms with Crippen molar-refractivity contribution in [3.05, 3.63) is 34.8 Å². The molecule has 0 saturated heterocycles. The number of thiophene rings is 1. The first-order chi connectivity index (χ1) is 10.1. The Bertz CT molecular complexity index is 795. The first kappa shape index (κ1) is 13.7. The molecule has 3 aromatic heterocycles. The Kier molecular flexibility index (Phi) is 3.44. The minimum absolute atomic E-state index is 0.269. The Morgan fingerprint density at radius 3 is 2.95 bits per heavy atom. The molecule has 0 N–H and O–H groups in total. The molecule has 0 aliphatic heterocycles.